The van der Waals surface area contributed by atoms with Crippen molar-refractivity contribution in [2.24, 2.45) is 0 Å². The second-order valence-corrected chi connectivity index (χ2v) is 45.7. The molecule has 8 aromatic carbocycles. The predicted molar refractivity (Wildman–Crippen MR) is 487 cm³/mol. The van der Waals surface area contributed by atoms with Crippen LogP contribution in [0.15, 0.2) is 170 Å². The fourth-order valence-electron chi connectivity index (χ4n) is 17.7. The lowest BCUT2D eigenvalue weighted by atomic mass is 9.76. The van der Waals surface area contributed by atoms with Crippen LogP contribution in [0.3, 0.4) is 0 Å². The summed E-state index contributed by atoms with van der Waals surface area (Å²) in [6.07, 6.45) is 46.8. The van der Waals surface area contributed by atoms with Crippen LogP contribution in [-0.4, -0.2) is 0 Å². The number of hydrogen-bond acceptors (Lipinski definition) is 12. The molecule has 1 aliphatic carbocycles. The average molecular weight is 1660 g/mol. The van der Waals surface area contributed by atoms with Crippen LogP contribution < -0.4 is 57.4 Å². The highest BCUT2D eigenvalue weighted by Crippen LogP contribution is 2.66. The van der Waals surface area contributed by atoms with Crippen molar-refractivity contribution in [2.75, 3.05) is 0 Å². The first-order chi connectivity index (χ1) is 54.8. The van der Waals surface area contributed by atoms with Gasteiger partial charge >= 0.3 is 26.0 Å². The fraction of sp³-hybridized carbons (Fsp3) is 0.500. The lowest BCUT2D eigenvalue weighted by Crippen LogP contribution is -2.24. The van der Waals surface area contributed by atoms with Crippen molar-refractivity contribution in [3.8, 4) is 46.0 Å². The quantitative estimate of drug-likeness (QED) is 0.0270. The molecular weight excluding hydrogens is 1530 g/mol. The Bertz CT molecular complexity index is 3840. The van der Waals surface area contributed by atoms with Crippen LogP contribution in [0.5, 0.6) is 46.0 Å². The Morgan fingerprint density at radius 1 is 0.196 bits per heavy atom. The van der Waals surface area contributed by atoms with E-state index in [2.05, 4.69) is 125 Å². The molecule has 13 rings (SSSR count). The van der Waals surface area contributed by atoms with Crippen LogP contribution in [-0.2, 0) is 47.2 Å². The zero-order valence-electron chi connectivity index (χ0n) is 67.4. The van der Waals surface area contributed by atoms with Gasteiger partial charge in [0.1, 0.15) is 46.0 Å². The van der Waals surface area contributed by atoms with Gasteiger partial charge in [-0.1, -0.05) is 332 Å². The zero-order chi connectivity index (χ0) is 77.6. The Morgan fingerprint density at radius 2 is 0.339 bits per heavy atom. The number of benzene rings is 8. The second kappa shape index (κ2) is 41.7. The summed E-state index contributed by atoms with van der Waals surface area (Å²) in [5.41, 5.74) is 8.58. The highest BCUT2D eigenvalue weighted by molar-refractivity contribution is 8.15. The van der Waals surface area contributed by atoms with E-state index in [0.29, 0.717) is 46.0 Å². The molecule has 600 valence electrons. The van der Waals surface area contributed by atoms with Crippen molar-refractivity contribution < 1.29 is 36.2 Å². The Morgan fingerprint density at radius 3 is 0.491 bits per heavy atom. The van der Waals surface area contributed by atoms with E-state index in [1.807, 2.05) is 72.8 Å². The maximum atomic E-state index is 7.82. The molecule has 4 heterocycles. The molecule has 0 N–H and O–H groups in total. The molecule has 112 heavy (non-hydrogen) atoms. The molecule has 0 atom stereocenters. The standard InChI is InChI=1S/C96H124O8P4S4/c1-5-9-13-17-21-25-29-33-49-61-77-81-65-83-78(62-50-34-30-26-22-18-14-10-6-2)85-67-87-80(64-52-36-32-28-24-20-16-12-8-4)88-68-86-79(63-51-35-31-27-23-19-15-11-7-3)84-66-82(77)90-70-92(84)100-107(111,75-57-45-39-46-58-75)102-94(86)72-96(88)104-108(112,76-59-47-40-48-60-76)103-95(87)71-93(85)101-106(110,74-55-43-38-44-56-74)99-91(83)69-89(81)97-105(109,98-90)73-53-41-37-42-54-73/h37-48,53-60,65-72,77-80H,5-36,49-52,61-64H2,1-4H3. The molecule has 8 bridgehead atoms. The second-order valence-electron chi connectivity index (χ2n) is 32.5. The fourth-order valence-corrected chi connectivity index (χ4v) is 27.6. The molecule has 0 spiro atoms. The first-order valence-electron chi connectivity index (χ1n) is 43.8. The lowest BCUT2D eigenvalue weighted by molar-refractivity contribution is 0.438. The summed E-state index contributed by atoms with van der Waals surface area (Å²) in [6.45, 7) is -5.03. The van der Waals surface area contributed by atoms with E-state index in [-0.39, 0.29) is 23.7 Å². The average Bonchev–Trinajstić information content (AvgIpc) is 0.739. The summed E-state index contributed by atoms with van der Waals surface area (Å²) < 4.78 is 62.6. The maximum absolute atomic E-state index is 7.82. The SMILES string of the molecule is CCCCCCCCCCCC1c2cc3c4cc2OP(=S)(c2ccccc2)Oc2cc5c(cc21)C(CCCCCCCCCCC)c1cc2c(cc1OP(=S)(c1ccccc1)O5)OP(=S)(c1ccccc1)Oc1cc(c(cc1C2CCCCCCCCCCC)C3CCCCCCCCCCC)OP(=S)(c1ccccc1)O4. The van der Waals surface area contributed by atoms with E-state index < -0.39 is 26.0 Å². The van der Waals surface area contributed by atoms with Crippen molar-refractivity contribution in [3.05, 3.63) is 214 Å². The van der Waals surface area contributed by atoms with Crippen LogP contribution in [0, 0.1) is 0 Å². The Kier molecular flexibility index (Phi) is 31.6. The van der Waals surface area contributed by atoms with Gasteiger partial charge in [0.05, 0.1) is 21.2 Å². The number of unbranched alkanes of at least 4 members (excludes halogenated alkanes) is 32. The third-order valence-corrected chi connectivity index (χ3v) is 35.5. The van der Waals surface area contributed by atoms with Gasteiger partial charge in [0, 0.05) is 92.4 Å². The first-order valence-corrected chi connectivity index (χ1v) is 54.3. The van der Waals surface area contributed by atoms with E-state index >= 15 is 0 Å². The minimum atomic E-state index is -3.56. The molecule has 0 saturated heterocycles. The van der Waals surface area contributed by atoms with Gasteiger partial charge in [0.25, 0.3) is 0 Å². The molecule has 0 amide bonds. The summed E-state index contributed by atoms with van der Waals surface area (Å²) in [5, 5.41) is 3.16. The van der Waals surface area contributed by atoms with Gasteiger partial charge in [0.15, 0.2) is 0 Å². The molecule has 8 aromatic rings. The summed E-state index contributed by atoms with van der Waals surface area (Å²) in [6, 6.07) is 59.7. The molecule has 0 unspecified atom stereocenters. The Balaban J connectivity index is 1.11. The van der Waals surface area contributed by atoms with E-state index in [1.54, 1.807) is 0 Å². The van der Waals surface area contributed by atoms with Crippen LogP contribution >= 0.6 is 26.0 Å². The highest BCUT2D eigenvalue weighted by Gasteiger charge is 2.45. The van der Waals surface area contributed by atoms with Crippen molar-refractivity contribution in [1.82, 2.24) is 0 Å². The third kappa shape index (κ3) is 21.2. The van der Waals surface area contributed by atoms with E-state index in [1.165, 1.54) is 180 Å². The molecule has 0 aromatic heterocycles. The van der Waals surface area contributed by atoms with E-state index in [4.69, 9.17) is 83.4 Å². The predicted octanol–water partition coefficient (Wildman–Crippen LogP) is 29.8. The highest BCUT2D eigenvalue weighted by atomic mass is 32.5. The topological polar surface area (TPSA) is 73.8 Å². The van der Waals surface area contributed by atoms with Gasteiger partial charge in [-0.15, -0.1) is 0 Å². The summed E-state index contributed by atoms with van der Waals surface area (Å²) >= 11 is 28.6. The molecule has 8 nitrogen and oxygen atoms in total. The molecule has 0 saturated carbocycles. The van der Waals surface area contributed by atoms with E-state index in [0.717, 1.165) is 143 Å². The van der Waals surface area contributed by atoms with Crippen molar-refractivity contribution in [2.45, 2.75) is 308 Å². The maximum Gasteiger partial charge on any atom is 0.319 e. The molecule has 0 radical (unpaired) electrons. The largest absolute Gasteiger partial charge is 0.432 e. The molecule has 5 aliphatic rings. The first kappa shape index (κ1) is 84.7. The Labute approximate surface area is 693 Å². The molecule has 0 fully saturated rings. The molecule has 16 heteroatoms. The summed E-state index contributed by atoms with van der Waals surface area (Å²) in [7, 11) is 0. The molecular formula is C96H124O8P4S4. The van der Waals surface area contributed by atoms with Gasteiger partial charge in [-0.2, -0.15) is 0 Å². The summed E-state index contributed by atoms with van der Waals surface area (Å²) in [4.78, 5) is 0. The van der Waals surface area contributed by atoms with Crippen molar-refractivity contribution >= 4 is 94.4 Å². The Hall–Kier alpha value is -5.24. The van der Waals surface area contributed by atoms with Gasteiger partial charge in [-0.05, 0) is 146 Å². The normalized spacial score (nSPS) is 21.5. The van der Waals surface area contributed by atoms with Crippen molar-refractivity contribution in [1.29, 1.82) is 0 Å². The van der Waals surface area contributed by atoms with E-state index in [9.17, 15) is 0 Å². The third-order valence-electron chi connectivity index (χ3n) is 24.0. The van der Waals surface area contributed by atoms with Crippen LogP contribution in [0.2, 0.25) is 0 Å². The number of rotatable bonds is 44. The van der Waals surface area contributed by atoms with Crippen molar-refractivity contribution in [3.63, 3.8) is 0 Å². The minimum absolute atomic E-state index is 0.234. The van der Waals surface area contributed by atoms with Crippen LogP contribution in [0.25, 0.3) is 0 Å². The number of hydrogen-bond donors (Lipinski definition) is 0. The monoisotopic (exact) mass is 1660 g/mol. The van der Waals surface area contributed by atoms with Gasteiger partial charge in [-0.3, -0.25) is 0 Å². The van der Waals surface area contributed by atoms with Gasteiger partial charge in [-0.25, -0.2) is 0 Å². The zero-order valence-corrected chi connectivity index (χ0v) is 74.3. The van der Waals surface area contributed by atoms with Crippen LogP contribution in [0.4, 0.5) is 0 Å². The van der Waals surface area contributed by atoms with Gasteiger partial charge in [0.2, 0.25) is 0 Å². The minimum Gasteiger partial charge on any atom is -0.432 e. The lowest BCUT2D eigenvalue weighted by Gasteiger charge is -2.39. The smallest absolute Gasteiger partial charge is 0.319 e. The van der Waals surface area contributed by atoms with Gasteiger partial charge < -0.3 is 36.2 Å². The molecule has 4 aliphatic heterocycles. The summed E-state index contributed by atoms with van der Waals surface area (Å²) in [5.74, 6) is 4.28. The van der Waals surface area contributed by atoms with Crippen LogP contribution in [0.1, 0.15) is 353 Å².